The van der Waals surface area contributed by atoms with Gasteiger partial charge in [-0.3, -0.25) is 0 Å². The van der Waals surface area contributed by atoms with E-state index in [0.29, 0.717) is 5.76 Å². The van der Waals surface area contributed by atoms with Gasteiger partial charge in [-0.25, -0.2) is 0 Å². The van der Waals surface area contributed by atoms with Crippen LogP contribution in [0.3, 0.4) is 0 Å². The van der Waals surface area contributed by atoms with E-state index in [4.69, 9.17) is 9.63 Å². The highest BCUT2D eigenvalue weighted by atomic mass is 16.5. The second-order valence-electron chi connectivity index (χ2n) is 3.22. The molecule has 3 nitrogen and oxygen atoms in total. The molecule has 0 aliphatic heterocycles. The van der Waals surface area contributed by atoms with Gasteiger partial charge in [0, 0.05) is 12.0 Å². The number of hydrogen-bond donors (Lipinski definition) is 1. The van der Waals surface area contributed by atoms with Crippen LogP contribution in [-0.2, 0) is 0 Å². The first kappa shape index (κ1) is 8.81. The Labute approximate surface area is 82.0 Å². The van der Waals surface area contributed by atoms with Crippen LogP contribution in [0.4, 0.5) is 0 Å². The van der Waals surface area contributed by atoms with Gasteiger partial charge >= 0.3 is 0 Å². The van der Waals surface area contributed by atoms with Gasteiger partial charge in [-0.05, 0) is 10.7 Å². The van der Waals surface area contributed by atoms with E-state index < -0.39 is 0 Å². The van der Waals surface area contributed by atoms with Crippen LogP contribution in [0, 0.1) is 0 Å². The molecule has 1 aromatic heterocycles. The van der Waals surface area contributed by atoms with Gasteiger partial charge in [-0.2, -0.15) is 0 Å². The molecule has 1 N–H and O–H groups in total. The molecular formula is C11H11NO2. The lowest BCUT2D eigenvalue weighted by atomic mass is 9.99. The number of aromatic nitrogens is 1. The molecule has 0 amide bonds. The van der Waals surface area contributed by atoms with Gasteiger partial charge in [0.15, 0.2) is 0 Å². The van der Waals surface area contributed by atoms with Gasteiger partial charge in [-0.15, -0.1) is 0 Å². The predicted octanol–water partition coefficient (Wildman–Crippen LogP) is 2.53. The van der Waals surface area contributed by atoms with Crippen LogP contribution in [0.2, 0.25) is 0 Å². The van der Waals surface area contributed by atoms with Crippen LogP contribution in [0.5, 0.6) is 5.88 Å². The van der Waals surface area contributed by atoms with E-state index in [2.05, 4.69) is 5.16 Å². The minimum absolute atomic E-state index is 0.0669. The fourth-order valence-electron chi connectivity index (χ4n) is 1.39. The van der Waals surface area contributed by atoms with Crippen molar-refractivity contribution in [2.45, 2.75) is 12.8 Å². The molecule has 0 bridgehead atoms. The minimum atomic E-state index is -0.0669. The standard InChI is InChI=1S/C11H11NO2/c1-8(9-5-3-2-4-6-9)10-7-11(13)12-14-10/h2-8H,1H3,(H,12,13)/t8-/m1/s1. The van der Waals surface area contributed by atoms with Crippen LogP contribution in [0.25, 0.3) is 0 Å². The number of rotatable bonds is 2. The SMILES string of the molecule is C[C@H](c1ccccc1)c1cc(O)no1. The van der Waals surface area contributed by atoms with Crippen molar-refractivity contribution < 1.29 is 9.63 Å². The quantitative estimate of drug-likeness (QED) is 0.789. The first-order valence-corrected chi connectivity index (χ1v) is 4.48. The zero-order chi connectivity index (χ0) is 9.97. The van der Waals surface area contributed by atoms with Crippen LogP contribution >= 0.6 is 0 Å². The van der Waals surface area contributed by atoms with Crippen LogP contribution in [-0.4, -0.2) is 10.3 Å². The number of nitrogens with zero attached hydrogens (tertiary/aromatic N) is 1. The Morgan fingerprint density at radius 2 is 2.00 bits per heavy atom. The predicted molar refractivity (Wildman–Crippen MR) is 52.1 cm³/mol. The Bertz CT molecular complexity index is 408. The van der Waals surface area contributed by atoms with Gasteiger partial charge < -0.3 is 9.63 Å². The maximum absolute atomic E-state index is 9.04. The van der Waals surface area contributed by atoms with E-state index in [0.717, 1.165) is 5.56 Å². The second kappa shape index (κ2) is 3.54. The molecule has 0 spiro atoms. The fourth-order valence-corrected chi connectivity index (χ4v) is 1.39. The van der Waals surface area contributed by atoms with Gasteiger partial charge in [-0.1, -0.05) is 37.3 Å². The molecule has 1 heterocycles. The fraction of sp³-hybridized carbons (Fsp3) is 0.182. The summed E-state index contributed by atoms with van der Waals surface area (Å²) in [7, 11) is 0. The Hall–Kier alpha value is -1.77. The van der Waals surface area contributed by atoms with Crippen molar-refractivity contribution >= 4 is 0 Å². The van der Waals surface area contributed by atoms with Crippen molar-refractivity contribution in [3.63, 3.8) is 0 Å². The average Bonchev–Trinajstić information content (AvgIpc) is 2.65. The van der Waals surface area contributed by atoms with E-state index in [9.17, 15) is 0 Å². The van der Waals surface area contributed by atoms with Gasteiger partial charge in [0.05, 0.1) is 0 Å². The van der Waals surface area contributed by atoms with Crippen LogP contribution in [0.1, 0.15) is 24.2 Å². The second-order valence-corrected chi connectivity index (χ2v) is 3.22. The minimum Gasteiger partial charge on any atom is -0.491 e. The molecule has 0 unspecified atom stereocenters. The topological polar surface area (TPSA) is 46.3 Å². The molecule has 2 aromatic rings. The van der Waals surface area contributed by atoms with E-state index in [1.807, 2.05) is 37.3 Å². The van der Waals surface area contributed by atoms with Crippen molar-refractivity contribution in [1.82, 2.24) is 5.16 Å². The lowest BCUT2D eigenvalue weighted by Crippen LogP contribution is -1.92. The smallest absolute Gasteiger partial charge is 0.251 e. The van der Waals surface area contributed by atoms with Crippen LogP contribution < -0.4 is 0 Å². The molecule has 72 valence electrons. The molecule has 3 heteroatoms. The molecule has 0 aliphatic carbocycles. The first-order valence-electron chi connectivity index (χ1n) is 4.48. The summed E-state index contributed by atoms with van der Waals surface area (Å²) < 4.78 is 4.98. The maximum Gasteiger partial charge on any atom is 0.251 e. The third-order valence-electron chi connectivity index (χ3n) is 2.24. The Balaban J connectivity index is 2.29. The lowest BCUT2D eigenvalue weighted by molar-refractivity contribution is 0.337. The molecule has 0 saturated heterocycles. The van der Waals surface area contributed by atoms with Gasteiger partial charge in [0.2, 0.25) is 0 Å². The van der Waals surface area contributed by atoms with Crippen molar-refractivity contribution in [3.05, 3.63) is 47.7 Å². The number of hydrogen-bond acceptors (Lipinski definition) is 3. The third-order valence-corrected chi connectivity index (χ3v) is 2.24. The highest BCUT2D eigenvalue weighted by Gasteiger charge is 2.13. The highest BCUT2D eigenvalue weighted by Crippen LogP contribution is 2.25. The number of aromatic hydroxyl groups is 1. The normalized spacial score (nSPS) is 12.6. The lowest BCUT2D eigenvalue weighted by Gasteiger charge is -2.06. The summed E-state index contributed by atoms with van der Waals surface area (Å²) in [6.45, 7) is 2.01. The molecule has 0 saturated carbocycles. The van der Waals surface area contributed by atoms with Gasteiger partial charge in [0.1, 0.15) is 5.76 Å². The first-order chi connectivity index (χ1) is 6.77. The molecule has 0 fully saturated rings. The third kappa shape index (κ3) is 1.62. The van der Waals surface area contributed by atoms with E-state index in [-0.39, 0.29) is 11.8 Å². The summed E-state index contributed by atoms with van der Waals surface area (Å²) in [5, 5.41) is 12.5. The molecule has 0 radical (unpaired) electrons. The van der Waals surface area contributed by atoms with Crippen molar-refractivity contribution in [3.8, 4) is 5.88 Å². The summed E-state index contributed by atoms with van der Waals surface area (Å²) in [6, 6.07) is 11.5. The number of benzene rings is 1. The maximum atomic E-state index is 9.04. The van der Waals surface area contributed by atoms with Crippen LogP contribution in [0.15, 0.2) is 40.9 Å². The molecular weight excluding hydrogens is 178 g/mol. The molecule has 1 aromatic carbocycles. The Morgan fingerprint density at radius 1 is 1.29 bits per heavy atom. The monoisotopic (exact) mass is 189 g/mol. The summed E-state index contributed by atoms with van der Waals surface area (Å²) in [6.07, 6.45) is 0. The molecule has 0 aliphatic rings. The summed E-state index contributed by atoms with van der Waals surface area (Å²) in [5.74, 6) is 0.723. The molecule has 1 atom stereocenters. The molecule has 14 heavy (non-hydrogen) atoms. The van der Waals surface area contributed by atoms with E-state index >= 15 is 0 Å². The average molecular weight is 189 g/mol. The van der Waals surface area contributed by atoms with E-state index in [1.54, 1.807) is 0 Å². The Morgan fingerprint density at radius 3 is 2.57 bits per heavy atom. The highest BCUT2D eigenvalue weighted by molar-refractivity contribution is 5.27. The molecule has 2 rings (SSSR count). The van der Waals surface area contributed by atoms with Crippen molar-refractivity contribution in [2.24, 2.45) is 0 Å². The summed E-state index contributed by atoms with van der Waals surface area (Å²) in [5.41, 5.74) is 1.14. The Kier molecular flexibility index (Phi) is 2.23. The summed E-state index contributed by atoms with van der Waals surface area (Å²) in [4.78, 5) is 0. The van der Waals surface area contributed by atoms with Crippen molar-refractivity contribution in [1.29, 1.82) is 0 Å². The zero-order valence-corrected chi connectivity index (χ0v) is 7.84. The summed E-state index contributed by atoms with van der Waals surface area (Å²) >= 11 is 0. The largest absolute Gasteiger partial charge is 0.491 e. The van der Waals surface area contributed by atoms with Gasteiger partial charge in [0.25, 0.3) is 5.88 Å². The van der Waals surface area contributed by atoms with Crippen molar-refractivity contribution in [2.75, 3.05) is 0 Å². The van der Waals surface area contributed by atoms with E-state index in [1.165, 1.54) is 6.07 Å². The zero-order valence-electron chi connectivity index (χ0n) is 7.84.